The fraction of sp³-hybridized carbons (Fsp3) is 0.333. The minimum Gasteiger partial charge on any atom is -0.491 e. The molecule has 3 rings (SSSR count). The zero-order valence-corrected chi connectivity index (χ0v) is 13.5. The van der Waals surface area contributed by atoms with E-state index in [1.807, 2.05) is 18.2 Å². The zero-order valence-electron chi connectivity index (χ0n) is 13.5. The Morgan fingerprint density at radius 3 is 3.00 bits per heavy atom. The van der Waals surface area contributed by atoms with Gasteiger partial charge in [-0.05, 0) is 31.0 Å². The minimum absolute atomic E-state index is 0.161. The van der Waals surface area contributed by atoms with Crippen LogP contribution in [0.25, 0.3) is 0 Å². The molecule has 2 heterocycles. The Morgan fingerprint density at radius 1 is 1.38 bits per heavy atom. The number of methoxy groups -OCH3 is 1. The predicted octanol–water partition coefficient (Wildman–Crippen LogP) is 2.90. The number of anilines is 1. The van der Waals surface area contributed by atoms with Crippen LogP contribution in [0.2, 0.25) is 0 Å². The number of hydrogen-bond acceptors (Lipinski definition) is 5. The number of carbonyl (C=O) groups excluding carboxylic acids is 1. The maximum atomic E-state index is 12.2. The van der Waals surface area contributed by atoms with Gasteiger partial charge in [-0.15, -0.1) is 0 Å². The van der Waals surface area contributed by atoms with Gasteiger partial charge in [-0.1, -0.05) is 6.07 Å². The second-order valence-corrected chi connectivity index (χ2v) is 5.52. The first kappa shape index (κ1) is 16.3. The van der Waals surface area contributed by atoms with Crippen molar-refractivity contribution in [3.63, 3.8) is 0 Å². The largest absolute Gasteiger partial charge is 0.491 e. The fourth-order valence-electron chi connectivity index (χ4n) is 2.47. The van der Waals surface area contributed by atoms with Gasteiger partial charge in [0.15, 0.2) is 0 Å². The number of rotatable bonds is 6. The van der Waals surface area contributed by atoms with Crippen molar-refractivity contribution in [3.05, 3.63) is 48.2 Å². The van der Waals surface area contributed by atoms with Gasteiger partial charge < -0.3 is 19.5 Å². The molecule has 1 aromatic carbocycles. The van der Waals surface area contributed by atoms with Gasteiger partial charge in [0.2, 0.25) is 5.88 Å². The number of nitrogens with zero attached hydrogens (tertiary/aromatic N) is 1. The quantitative estimate of drug-likeness (QED) is 0.883. The third-order valence-electron chi connectivity index (χ3n) is 3.76. The third kappa shape index (κ3) is 4.23. The number of ether oxygens (including phenoxy) is 3. The summed E-state index contributed by atoms with van der Waals surface area (Å²) in [4.78, 5) is 16.3. The first-order chi connectivity index (χ1) is 11.7. The second-order valence-electron chi connectivity index (χ2n) is 5.52. The SMILES string of the molecule is COc1ccc(C(=O)Nc2cccc(OCC3CCCO3)c2)cn1. The van der Waals surface area contributed by atoms with Crippen molar-refractivity contribution < 1.29 is 19.0 Å². The van der Waals surface area contributed by atoms with Gasteiger partial charge in [-0.25, -0.2) is 4.98 Å². The van der Waals surface area contributed by atoms with Crippen LogP contribution in [0, 0.1) is 0 Å². The lowest BCUT2D eigenvalue weighted by atomic mass is 10.2. The highest BCUT2D eigenvalue weighted by atomic mass is 16.5. The Morgan fingerprint density at radius 2 is 2.29 bits per heavy atom. The predicted molar refractivity (Wildman–Crippen MR) is 89.7 cm³/mol. The molecule has 0 radical (unpaired) electrons. The Bertz CT molecular complexity index is 682. The van der Waals surface area contributed by atoms with Crippen molar-refractivity contribution in [2.45, 2.75) is 18.9 Å². The summed E-state index contributed by atoms with van der Waals surface area (Å²) in [5.74, 6) is 0.939. The summed E-state index contributed by atoms with van der Waals surface area (Å²) in [5, 5.41) is 2.83. The summed E-state index contributed by atoms with van der Waals surface area (Å²) >= 11 is 0. The van der Waals surface area contributed by atoms with Crippen molar-refractivity contribution in [1.82, 2.24) is 4.98 Å². The minimum atomic E-state index is -0.235. The van der Waals surface area contributed by atoms with E-state index in [2.05, 4.69) is 10.3 Å². The number of benzene rings is 1. The molecular weight excluding hydrogens is 308 g/mol. The van der Waals surface area contributed by atoms with Gasteiger partial charge in [0.05, 0.1) is 18.8 Å². The van der Waals surface area contributed by atoms with Crippen molar-refractivity contribution in [2.75, 3.05) is 25.6 Å². The molecule has 24 heavy (non-hydrogen) atoms. The van der Waals surface area contributed by atoms with E-state index in [1.165, 1.54) is 13.3 Å². The van der Waals surface area contributed by atoms with E-state index in [0.717, 1.165) is 19.4 Å². The Labute approximate surface area is 140 Å². The lowest BCUT2D eigenvalue weighted by Crippen LogP contribution is -2.16. The summed E-state index contributed by atoms with van der Waals surface area (Å²) in [7, 11) is 1.53. The molecule has 6 nitrogen and oxygen atoms in total. The van der Waals surface area contributed by atoms with Gasteiger partial charge in [0.1, 0.15) is 12.4 Å². The van der Waals surface area contributed by atoms with E-state index in [0.29, 0.717) is 29.5 Å². The molecule has 2 aromatic rings. The van der Waals surface area contributed by atoms with Crippen LogP contribution in [-0.4, -0.2) is 37.3 Å². The van der Waals surface area contributed by atoms with E-state index < -0.39 is 0 Å². The molecule has 1 aromatic heterocycles. The molecule has 1 saturated heterocycles. The molecule has 0 spiro atoms. The number of nitrogens with one attached hydrogen (secondary N) is 1. The maximum Gasteiger partial charge on any atom is 0.257 e. The van der Waals surface area contributed by atoms with Crippen LogP contribution in [0.5, 0.6) is 11.6 Å². The molecule has 0 saturated carbocycles. The van der Waals surface area contributed by atoms with Crippen molar-refractivity contribution in [1.29, 1.82) is 0 Å². The van der Waals surface area contributed by atoms with Gasteiger partial charge in [-0.2, -0.15) is 0 Å². The molecule has 1 amide bonds. The average molecular weight is 328 g/mol. The number of aromatic nitrogens is 1. The third-order valence-corrected chi connectivity index (χ3v) is 3.76. The standard InChI is InChI=1S/C18H20N2O4/c1-22-17-8-7-13(11-19-17)18(21)20-14-4-2-5-15(10-14)24-12-16-6-3-9-23-16/h2,4-5,7-8,10-11,16H,3,6,9,12H2,1H3,(H,20,21). The van der Waals surface area contributed by atoms with Crippen molar-refractivity contribution in [2.24, 2.45) is 0 Å². The lowest BCUT2D eigenvalue weighted by molar-refractivity contribution is 0.0680. The van der Waals surface area contributed by atoms with E-state index >= 15 is 0 Å². The van der Waals surface area contributed by atoms with Gasteiger partial charge in [0, 0.05) is 30.6 Å². The van der Waals surface area contributed by atoms with Crippen LogP contribution in [-0.2, 0) is 4.74 Å². The molecule has 0 bridgehead atoms. The smallest absolute Gasteiger partial charge is 0.257 e. The number of hydrogen-bond donors (Lipinski definition) is 1. The second kappa shape index (κ2) is 7.79. The van der Waals surface area contributed by atoms with E-state index in [-0.39, 0.29) is 12.0 Å². The molecule has 126 valence electrons. The monoisotopic (exact) mass is 328 g/mol. The van der Waals surface area contributed by atoms with Crippen molar-refractivity contribution in [3.8, 4) is 11.6 Å². The highest BCUT2D eigenvalue weighted by Crippen LogP contribution is 2.20. The van der Waals surface area contributed by atoms with Crippen LogP contribution in [0.1, 0.15) is 23.2 Å². The summed E-state index contributed by atoms with van der Waals surface area (Å²) in [6.07, 6.45) is 3.75. The van der Waals surface area contributed by atoms with Crippen LogP contribution in [0.3, 0.4) is 0 Å². The highest BCUT2D eigenvalue weighted by Gasteiger charge is 2.16. The van der Waals surface area contributed by atoms with Gasteiger partial charge in [-0.3, -0.25) is 4.79 Å². The van der Waals surface area contributed by atoms with E-state index in [9.17, 15) is 4.79 Å². The molecule has 1 N–H and O–H groups in total. The summed E-state index contributed by atoms with van der Waals surface area (Å²) in [6, 6.07) is 10.6. The molecule has 0 aliphatic carbocycles. The van der Waals surface area contributed by atoms with Crippen LogP contribution < -0.4 is 14.8 Å². The summed E-state index contributed by atoms with van der Waals surface area (Å²) in [6.45, 7) is 1.33. The Hall–Kier alpha value is -2.60. The maximum absolute atomic E-state index is 12.2. The molecular formula is C18H20N2O4. The van der Waals surface area contributed by atoms with Crippen LogP contribution in [0.15, 0.2) is 42.6 Å². The van der Waals surface area contributed by atoms with Crippen LogP contribution >= 0.6 is 0 Å². The lowest BCUT2D eigenvalue weighted by Gasteiger charge is -2.12. The van der Waals surface area contributed by atoms with Gasteiger partial charge >= 0.3 is 0 Å². The van der Waals surface area contributed by atoms with Crippen molar-refractivity contribution >= 4 is 11.6 Å². The molecule has 1 fully saturated rings. The first-order valence-corrected chi connectivity index (χ1v) is 7.90. The summed E-state index contributed by atoms with van der Waals surface area (Å²) < 4.78 is 16.3. The van der Waals surface area contributed by atoms with Gasteiger partial charge in [0.25, 0.3) is 5.91 Å². The Kier molecular flexibility index (Phi) is 5.28. The Balaban J connectivity index is 1.59. The average Bonchev–Trinajstić information content (AvgIpc) is 3.14. The molecule has 6 heteroatoms. The van der Waals surface area contributed by atoms with E-state index in [1.54, 1.807) is 18.2 Å². The fourth-order valence-corrected chi connectivity index (χ4v) is 2.47. The zero-order chi connectivity index (χ0) is 16.8. The number of carbonyl (C=O) groups is 1. The number of amides is 1. The summed E-state index contributed by atoms with van der Waals surface area (Å²) in [5.41, 5.74) is 1.13. The molecule has 1 unspecified atom stereocenters. The number of pyridine rings is 1. The highest BCUT2D eigenvalue weighted by molar-refractivity contribution is 6.04. The van der Waals surface area contributed by atoms with E-state index in [4.69, 9.17) is 14.2 Å². The normalized spacial score (nSPS) is 16.6. The first-order valence-electron chi connectivity index (χ1n) is 7.90. The topological polar surface area (TPSA) is 69.7 Å². The van der Waals surface area contributed by atoms with Crippen LogP contribution in [0.4, 0.5) is 5.69 Å². The molecule has 1 aliphatic heterocycles. The molecule has 1 aliphatic rings. The molecule has 1 atom stereocenters.